The number of hydrogen-bond donors (Lipinski definition) is 4. The average Bonchev–Trinajstić information content (AvgIpc) is 2.48. The van der Waals surface area contributed by atoms with Crippen molar-refractivity contribution in [2.24, 2.45) is 0 Å². The van der Waals surface area contributed by atoms with Crippen LogP contribution in [0.1, 0.15) is 6.92 Å². The fraction of sp³-hybridized carbons (Fsp3) is 0.333. The van der Waals surface area contributed by atoms with E-state index in [1.807, 2.05) is 6.92 Å². The number of anilines is 3. The Kier molecular flexibility index (Phi) is 3.01. The lowest BCUT2D eigenvalue weighted by molar-refractivity contribution is 0.194. The van der Waals surface area contributed by atoms with E-state index in [1.165, 1.54) is 0 Å². The van der Waals surface area contributed by atoms with Crippen LogP contribution in [-0.4, -0.2) is 22.7 Å². The van der Waals surface area contributed by atoms with Gasteiger partial charge in [-0.25, -0.2) is 4.57 Å². The molecule has 1 aliphatic heterocycles. The van der Waals surface area contributed by atoms with Crippen molar-refractivity contribution in [1.29, 1.82) is 0 Å². The number of hydrogen-bond acceptors (Lipinski definition) is 5. The molecule has 1 atom stereocenters. The number of nitrogens with one attached hydrogen (secondary N) is 1. The molecule has 5 N–H and O–H groups in total. The number of rotatable bonds is 3. The van der Waals surface area contributed by atoms with Gasteiger partial charge in [0.15, 0.2) is 0 Å². The van der Waals surface area contributed by atoms with E-state index >= 15 is 0 Å². The van der Waals surface area contributed by atoms with Crippen molar-refractivity contribution in [3.05, 3.63) is 18.2 Å². The van der Waals surface area contributed by atoms with Crippen LogP contribution in [0, 0.1) is 0 Å². The van der Waals surface area contributed by atoms with Gasteiger partial charge in [0.1, 0.15) is 6.73 Å². The van der Waals surface area contributed by atoms with Gasteiger partial charge in [0, 0.05) is 5.69 Å². The van der Waals surface area contributed by atoms with Crippen LogP contribution in [0.2, 0.25) is 0 Å². The maximum atomic E-state index is 10.7. The third kappa shape index (κ3) is 2.70. The molecule has 2 rings (SSSR count). The van der Waals surface area contributed by atoms with Gasteiger partial charge in [0.05, 0.1) is 17.5 Å². The van der Waals surface area contributed by atoms with E-state index in [4.69, 9.17) is 15.5 Å². The first kappa shape index (κ1) is 12.2. The lowest BCUT2D eigenvalue weighted by atomic mass is 10.2. The molecular weight excluding hydrogens is 245 g/mol. The molecule has 0 radical (unpaired) electrons. The van der Waals surface area contributed by atoms with Gasteiger partial charge in [-0.05, 0) is 25.1 Å². The minimum Gasteiger partial charge on any atom is -0.399 e. The highest BCUT2D eigenvalue weighted by Gasteiger charge is 2.27. The van der Waals surface area contributed by atoms with Crippen LogP contribution < -0.4 is 16.0 Å². The van der Waals surface area contributed by atoms with Gasteiger partial charge in [-0.3, -0.25) is 4.52 Å². The second-order valence-electron chi connectivity index (χ2n) is 3.82. The zero-order chi connectivity index (χ0) is 12.6. The highest BCUT2D eigenvalue weighted by molar-refractivity contribution is 7.46. The van der Waals surface area contributed by atoms with Crippen LogP contribution in [-0.2, 0) is 9.09 Å². The van der Waals surface area contributed by atoms with E-state index in [0.29, 0.717) is 5.69 Å². The summed E-state index contributed by atoms with van der Waals surface area (Å²) < 4.78 is 15.2. The van der Waals surface area contributed by atoms with Crippen LogP contribution in [0.4, 0.5) is 17.1 Å². The Morgan fingerprint density at radius 3 is 2.94 bits per heavy atom. The van der Waals surface area contributed by atoms with Crippen molar-refractivity contribution in [3.63, 3.8) is 0 Å². The van der Waals surface area contributed by atoms with Crippen molar-refractivity contribution < 1.29 is 18.9 Å². The number of nitrogens with two attached hydrogens (primary N) is 1. The first-order valence-electron chi connectivity index (χ1n) is 4.99. The Labute approximate surface area is 98.4 Å². The smallest absolute Gasteiger partial charge is 0.399 e. The molecule has 0 spiro atoms. The number of phosphoric acid groups is 1. The minimum atomic E-state index is -4.46. The van der Waals surface area contributed by atoms with Crippen LogP contribution in [0.15, 0.2) is 18.2 Å². The molecule has 1 aromatic carbocycles. The summed E-state index contributed by atoms with van der Waals surface area (Å²) in [4.78, 5) is 19.1. The Morgan fingerprint density at radius 2 is 2.29 bits per heavy atom. The summed E-state index contributed by atoms with van der Waals surface area (Å²) in [6, 6.07) is 5.27. The molecular formula is C9H14N3O4P. The van der Waals surface area contributed by atoms with Crippen molar-refractivity contribution in [2.75, 3.05) is 22.7 Å². The Balaban J connectivity index is 2.17. The highest BCUT2D eigenvalue weighted by Crippen LogP contribution is 2.40. The minimum absolute atomic E-state index is 0.113. The number of benzene rings is 1. The van der Waals surface area contributed by atoms with Gasteiger partial charge >= 0.3 is 7.82 Å². The summed E-state index contributed by atoms with van der Waals surface area (Å²) in [6.07, 6.45) is -0.113. The number of phosphoric ester groups is 1. The number of nitrogen functional groups attached to an aromatic ring is 1. The second-order valence-corrected chi connectivity index (χ2v) is 5.05. The van der Waals surface area contributed by atoms with E-state index in [9.17, 15) is 4.57 Å². The quantitative estimate of drug-likeness (QED) is 0.472. The molecule has 1 aliphatic rings. The third-order valence-electron chi connectivity index (χ3n) is 2.53. The molecule has 0 amide bonds. The van der Waals surface area contributed by atoms with Gasteiger partial charge < -0.3 is 25.7 Å². The summed E-state index contributed by atoms with van der Waals surface area (Å²) in [5.74, 6) is 0. The molecule has 8 heteroatoms. The number of fused-ring (bicyclic) bond motifs is 1. The summed E-state index contributed by atoms with van der Waals surface area (Å²) in [7, 11) is -4.46. The van der Waals surface area contributed by atoms with Crippen LogP contribution in [0.5, 0.6) is 0 Å². The lowest BCUT2D eigenvalue weighted by Gasteiger charge is -2.23. The van der Waals surface area contributed by atoms with Crippen LogP contribution in [0.25, 0.3) is 0 Å². The average molecular weight is 259 g/mol. The molecule has 1 aromatic rings. The summed E-state index contributed by atoms with van der Waals surface area (Å²) in [5.41, 5.74) is 7.91. The molecule has 1 unspecified atom stereocenters. The number of nitrogens with zero attached hydrogens (tertiary/aromatic N) is 1. The monoisotopic (exact) mass is 259 g/mol. The first-order chi connectivity index (χ1) is 7.87. The van der Waals surface area contributed by atoms with E-state index < -0.39 is 7.82 Å². The molecule has 1 heterocycles. The SMILES string of the molecule is CC1Nc2cc(N)ccc2N1COP(=O)(O)O. The van der Waals surface area contributed by atoms with Gasteiger partial charge in [-0.1, -0.05) is 0 Å². The van der Waals surface area contributed by atoms with E-state index in [-0.39, 0.29) is 12.9 Å². The van der Waals surface area contributed by atoms with Gasteiger partial charge in [-0.15, -0.1) is 0 Å². The Bertz CT molecular complexity index is 475. The van der Waals surface area contributed by atoms with Crippen molar-refractivity contribution >= 4 is 24.9 Å². The zero-order valence-corrected chi connectivity index (χ0v) is 10.1. The molecule has 0 aromatic heterocycles. The maximum absolute atomic E-state index is 10.7. The predicted octanol–water partition coefficient (Wildman–Crippen LogP) is 0.913. The van der Waals surface area contributed by atoms with Crippen molar-refractivity contribution in [3.8, 4) is 0 Å². The van der Waals surface area contributed by atoms with E-state index in [1.54, 1.807) is 23.1 Å². The molecule has 7 nitrogen and oxygen atoms in total. The summed E-state index contributed by atoms with van der Waals surface area (Å²) in [6.45, 7) is 1.68. The molecule has 0 aliphatic carbocycles. The highest BCUT2D eigenvalue weighted by atomic mass is 31.2. The molecule has 94 valence electrons. The third-order valence-corrected chi connectivity index (χ3v) is 2.98. The molecule has 0 fully saturated rings. The standard InChI is InChI=1S/C9H14N3O4P/c1-6-11-8-4-7(10)2-3-9(8)12(6)5-16-17(13,14)15/h2-4,6,11H,5,10H2,1H3,(H2,13,14,15). The predicted molar refractivity (Wildman–Crippen MR) is 64.4 cm³/mol. The van der Waals surface area contributed by atoms with Gasteiger partial charge in [0.25, 0.3) is 0 Å². The van der Waals surface area contributed by atoms with Gasteiger partial charge in [-0.2, -0.15) is 0 Å². The Morgan fingerprint density at radius 1 is 1.59 bits per heavy atom. The Hall–Kier alpha value is -1.27. The van der Waals surface area contributed by atoms with Crippen molar-refractivity contribution in [2.45, 2.75) is 13.1 Å². The summed E-state index contributed by atoms with van der Waals surface area (Å²) >= 11 is 0. The fourth-order valence-electron chi connectivity index (χ4n) is 1.75. The van der Waals surface area contributed by atoms with Crippen LogP contribution in [0.3, 0.4) is 0 Å². The van der Waals surface area contributed by atoms with Crippen LogP contribution >= 0.6 is 7.82 Å². The molecule has 17 heavy (non-hydrogen) atoms. The first-order valence-corrected chi connectivity index (χ1v) is 6.52. The normalized spacial score (nSPS) is 19.0. The topological polar surface area (TPSA) is 108 Å². The fourth-order valence-corrected chi connectivity index (χ4v) is 2.02. The largest absolute Gasteiger partial charge is 0.471 e. The zero-order valence-electron chi connectivity index (χ0n) is 9.20. The molecule has 0 bridgehead atoms. The second kappa shape index (κ2) is 4.19. The molecule has 0 saturated heterocycles. The lowest BCUT2D eigenvalue weighted by Crippen LogP contribution is -2.34. The van der Waals surface area contributed by atoms with Crippen molar-refractivity contribution in [1.82, 2.24) is 0 Å². The summed E-state index contributed by atoms with van der Waals surface area (Å²) in [5, 5.41) is 3.14. The van der Waals surface area contributed by atoms with E-state index in [0.717, 1.165) is 11.4 Å². The molecule has 0 saturated carbocycles. The van der Waals surface area contributed by atoms with E-state index in [2.05, 4.69) is 9.84 Å². The maximum Gasteiger partial charge on any atom is 0.471 e. The van der Waals surface area contributed by atoms with Gasteiger partial charge in [0.2, 0.25) is 0 Å².